The number of nitrogens with one attached hydrogen (secondary N) is 1. The highest BCUT2D eigenvalue weighted by molar-refractivity contribution is 5.91. The maximum Gasteiger partial charge on any atom is 0.286 e. The predicted octanol–water partition coefficient (Wildman–Crippen LogP) is 3.37. The fraction of sp³-hybridized carbons (Fsp3) is 0.850. The summed E-state index contributed by atoms with van der Waals surface area (Å²) in [6.07, 6.45) is 8.87. The smallest absolute Gasteiger partial charge is 0.286 e. The maximum absolute atomic E-state index is 12.7. The second-order valence-corrected chi connectivity index (χ2v) is 7.63. The van der Waals surface area contributed by atoms with E-state index in [4.69, 9.17) is 9.47 Å². The van der Waals surface area contributed by atoms with Gasteiger partial charge in [0, 0.05) is 25.2 Å². The molecule has 2 rings (SSSR count). The van der Waals surface area contributed by atoms with E-state index in [-0.39, 0.29) is 30.4 Å². The Labute approximate surface area is 152 Å². The molecule has 0 radical (unpaired) electrons. The third-order valence-electron chi connectivity index (χ3n) is 5.39. The number of ether oxygens (including phenoxy) is 2. The monoisotopic (exact) mass is 353 g/mol. The lowest BCUT2D eigenvalue weighted by Gasteiger charge is -2.38. The molecule has 3 atom stereocenters. The largest absolute Gasteiger partial charge is 0.459 e. The Morgan fingerprint density at radius 3 is 2.68 bits per heavy atom. The van der Waals surface area contributed by atoms with E-state index in [2.05, 4.69) is 19.2 Å². The highest BCUT2D eigenvalue weighted by Gasteiger charge is 2.38. The maximum atomic E-state index is 12.7. The molecular weight excluding hydrogens is 318 g/mol. The van der Waals surface area contributed by atoms with Crippen molar-refractivity contribution in [3.8, 4) is 0 Å². The normalized spacial score (nSPS) is 27.7. The fourth-order valence-electron chi connectivity index (χ4n) is 4.03. The lowest BCUT2D eigenvalue weighted by molar-refractivity contribution is -0.175. The van der Waals surface area contributed by atoms with Crippen LogP contribution in [-0.2, 0) is 14.3 Å². The van der Waals surface area contributed by atoms with Crippen LogP contribution in [0.15, 0.2) is 11.8 Å². The highest BCUT2D eigenvalue weighted by atomic mass is 16.7. The van der Waals surface area contributed by atoms with Crippen molar-refractivity contribution in [2.24, 2.45) is 17.8 Å². The van der Waals surface area contributed by atoms with Gasteiger partial charge in [-0.1, -0.05) is 33.1 Å². The Bertz CT molecular complexity index is 443. The van der Waals surface area contributed by atoms with Gasteiger partial charge in [-0.15, -0.1) is 0 Å². The lowest BCUT2D eigenvalue weighted by Crippen LogP contribution is -2.43. The van der Waals surface area contributed by atoms with Gasteiger partial charge in [-0.25, -0.2) is 0 Å². The summed E-state index contributed by atoms with van der Waals surface area (Å²) >= 11 is 0. The van der Waals surface area contributed by atoms with E-state index in [0.29, 0.717) is 18.3 Å². The van der Waals surface area contributed by atoms with Crippen molar-refractivity contribution in [3.63, 3.8) is 0 Å². The van der Waals surface area contributed by atoms with Crippen LogP contribution in [-0.4, -0.2) is 36.6 Å². The number of carbonyl (C=O) groups is 1. The summed E-state index contributed by atoms with van der Waals surface area (Å²) in [6, 6.07) is 0.265. The molecule has 1 fully saturated rings. The quantitative estimate of drug-likeness (QED) is 0.702. The summed E-state index contributed by atoms with van der Waals surface area (Å²) in [6.45, 7) is 6.98. The Balaban J connectivity index is 2.11. The van der Waals surface area contributed by atoms with Gasteiger partial charge in [0.25, 0.3) is 5.91 Å². The molecule has 0 aromatic rings. The van der Waals surface area contributed by atoms with Crippen LogP contribution < -0.4 is 5.32 Å². The number of rotatable bonds is 8. The minimum absolute atomic E-state index is 0.108. The summed E-state index contributed by atoms with van der Waals surface area (Å²) < 4.78 is 11.8. The molecular formula is C20H35NO4. The second-order valence-electron chi connectivity index (χ2n) is 7.63. The number of allylic oxidation sites excluding steroid dienone is 1. The van der Waals surface area contributed by atoms with Gasteiger partial charge >= 0.3 is 0 Å². The zero-order valence-corrected chi connectivity index (χ0v) is 16.0. The Hall–Kier alpha value is -1.07. The zero-order valence-electron chi connectivity index (χ0n) is 16.0. The van der Waals surface area contributed by atoms with E-state index in [9.17, 15) is 9.90 Å². The molecule has 25 heavy (non-hydrogen) atoms. The van der Waals surface area contributed by atoms with Gasteiger partial charge < -0.3 is 19.9 Å². The van der Waals surface area contributed by atoms with E-state index < -0.39 is 6.29 Å². The highest BCUT2D eigenvalue weighted by Crippen LogP contribution is 2.37. The Kier molecular flexibility index (Phi) is 8.24. The number of hydrogen-bond donors (Lipinski definition) is 2. The van der Waals surface area contributed by atoms with E-state index in [1.807, 2.05) is 13.0 Å². The molecule has 1 amide bonds. The summed E-state index contributed by atoms with van der Waals surface area (Å²) in [4.78, 5) is 12.7. The van der Waals surface area contributed by atoms with Crippen LogP contribution in [0.5, 0.6) is 0 Å². The van der Waals surface area contributed by atoms with Crippen LogP contribution in [0.1, 0.15) is 65.7 Å². The molecule has 5 nitrogen and oxygen atoms in total. The van der Waals surface area contributed by atoms with Gasteiger partial charge in [0.05, 0.1) is 0 Å². The van der Waals surface area contributed by atoms with Crippen LogP contribution in [0.2, 0.25) is 0 Å². The van der Waals surface area contributed by atoms with Crippen LogP contribution in [0.25, 0.3) is 0 Å². The van der Waals surface area contributed by atoms with Crippen molar-refractivity contribution in [1.82, 2.24) is 5.32 Å². The number of carbonyl (C=O) groups excluding carboxylic acids is 1. The molecule has 5 heteroatoms. The van der Waals surface area contributed by atoms with Crippen molar-refractivity contribution in [3.05, 3.63) is 11.8 Å². The van der Waals surface area contributed by atoms with Gasteiger partial charge in [-0.05, 0) is 50.5 Å². The van der Waals surface area contributed by atoms with Gasteiger partial charge in [-0.2, -0.15) is 0 Å². The molecule has 2 N–H and O–H groups in total. The summed E-state index contributed by atoms with van der Waals surface area (Å²) in [5.41, 5.74) is 0. The third kappa shape index (κ3) is 5.71. The van der Waals surface area contributed by atoms with Crippen molar-refractivity contribution in [2.45, 2.75) is 78.0 Å². The first kappa shape index (κ1) is 20.2. The molecule has 0 spiro atoms. The predicted molar refractivity (Wildman–Crippen MR) is 97.7 cm³/mol. The molecule has 1 heterocycles. The number of aliphatic hydroxyl groups is 1. The zero-order chi connectivity index (χ0) is 18.2. The number of amides is 1. The van der Waals surface area contributed by atoms with Crippen LogP contribution in [0.4, 0.5) is 0 Å². The minimum Gasteiger partial charge on any atom is -0.459 e. The summed E-state index contributed by atoms with van der Waals surface area (Å²) in [7, 11) is 0. The number of aliphatic hydroxyl groups excluding tert-OH is 1. The average molecular weight is 354 g/mol. The molecule has 1 saturated carbocycles. The second kappa shape index (κ2) is 10.2. The Morgan fingerprint density at radius 1 is 1.36 bits per heavy atom. The first-order valence-corrected chi connectivity index (χ1v) is 9.98. The molecule has 0 unspecified atom stereocenters. The molecule has 0 aromatic carbocycles. The molecule has 1 aliphatic carbocycles. The SMILES string of the molecule is CCO[C@@H]1OC(C(=O)NC2CCCCC2)=C[C@H](C(C)C)[C@@H]1CCCO. The fourth-order valence-corrected chi connectivity index (χ4v) is 4.03. The summed E-state index contributed by atoms with van der Waals surface area (Å²) in [5, 5.41) is 12.3. The third-order valence-corrected chi connectivity index (χ3v) is 5.39. The minimum atomic E-state index is -0.416. The van der Waals surface area contributed by atoms with Crippen LogP contribution >= 0.6 is 0 Å². The first-order valence-electron chi connectivity index (χ1n) is 9.98. The lowest BCUT2D eigenvalue weighted by atomic mass is 9.78. The molecule has 0 bridgehead atoms. The standard InChI is InChI=1S/C20H35NO4/c1-4-24-20-16(11-8-12-22)17(14(2)3)13-18(25-20)19(23)21-15-9-6-5-7-10-15/h13-17,20,22H,4-12H2,1-3H3,(H,21,23)/t16-,17+,20+/m0/s1. The van der Waals surface area contributed by atoms with Crippen LogP contribution in [0, 0.1) is 17.8 Å². The van der Waals surface area contributed by atoms with Gasteiger partial charge in [-0.3, -0.25) is 4.79 Å². The van der Waals surface area contributed by atoms with Crippen molar-refractivity contribution in [2.75, 3.05) is 13.2 Å². The van der Waals surface area contributed by atoms with E-state index >= 15 is 0 Å². The van der Waals surface area contributed by atoms with Gasteiger partial charge in [0.2, 0.25) is 6.29 Å². The molecule has 2 aliphatic rings. The average Bonchev–Trinajstić information content (AvgIpc) is 2.61. The molecule has 0 aromatic heterocycles. The van der Waals surface area contributed by atoms with Crippen molar-refractivity contribution in [1.29, 1.82) is 0 Å². The van der Waals surface area contributed by atoms with Crippen molar-refractivity contribution < 1.29 is 19.4 Å². The molecule has 1 aliphatic heterocycles. The topological polar surface area (TPSA) is 67.8 Å². The van der Waals surface area contributed by atoms with E-state index in [0.717, 1.165) is 25.7 Å². The number of hydrogen-bond acceptors (Lipinski definition) is 4. The molecule has 0 saturated heterocycles. The summed E-state index contributed by atoms with van der Waals surface area (Å²) in [5.74, 6) is 1.06. The van der Waals surface area contributed by atoms with E-state index in [1.165, 1.54) is 19.3 Å². The first-order chi connectivity index (χ1) is 12.1. The Morgan fingerprint density at radius 2 is 2.08 bits per heavy atom. The van der Waals surface area contributed by atoms with Gasteiger partial charge in [0.15, 0.2) is 5.76 Å². The molecule has 144 valence electrons. The van der Waals surface area contributed by atoms with Gasteiger partial charge in [0.1, 0.15) is 0 Å². The van der Waals surface area contributed by atoms with Crippen LogP contribution in [0.3, 0.4) is 0 Å². The van der Waals surface area contributed by atoms with E-state index in [1.54, 1.807) is 0 Å². The van der Waals surface area contributed by atoms with Crippen molar-refractivity contribution >= 4 is 5.91 Å².